The lowest BCUT2D eigenvalue weighted by Crippen LogP contribution is -2.32. The van der Waals surface area contributed by atoms with Gasteiger partial charge in [0, 0.05) is 24.9 Å². The molecule has 0 saturated carbocycles. The Morgan fingerprint density at radius 2 is 1.81 bits per heavy atom. The van der Waals surface area contributed by atoms with E-state index < -0.39 is 11.9 Å². The van der Waals surface area contributed by atoms with Crippen LogP contribution in [-0.4, -0.2) is 29.4 Å². The number of halogens is 1. The topological polar surface area (TPSA) is 66.4 Å². The van der Waals surface area contributed by atoms with Crippen molar-refractivity contribution in [1.29, 1.82) is 0 Å². The summed E-state index contributed by atoms with van der Waals surface area (Å²) in [7, 11) is 0. The van der Waals surface area contributed by atoms with Crippen LogP contribution >= 0.6 is 0 Å². The molecular weight excluding hydrogens is 273 g/mol. The molecule has 1 aromatic rings. The minimum atomic E-state index is -0.568. The van der Waals surface area contributed by atoms with Gasteiger partial charge in [0.25, 0.3) is 0 Å². The molecule has 0 spiro atoms. The predicted octanol–water partition coefficient (Wildman–Crippen LogP) is 2.31. The third-order valence-electron chi connectivity index (χ3n) is 3.02. The van der Waals surface area contributed by atoms with E-state index in [1.165, 1.54) is 24.3 Å². The average Bonchev–Trinajstić information content (AvgIpc) is 2.42. The Hall–Kier alpha value is -1.75. The van der Waals surface area contributed by atoms with Crippen LogP contribution in [-0.2, 0) is 4.79 Å². The van der Waals surface area contributed by atoms with E-state index in [9.17, 15) is 19.1 Å². The zero-order valence-electron chi connectivity index (χ0n) is 12.4. The fraction of sp³-hybridized carbons (Fsp3) is 0.500. The van der Waals surface area contributed by atoms with Crippen LogP contribution in [0, 0.1) is 11.7 Å². The van der Waals surface area contributed by atoms with Crippen LogP contribution in [0.15, 0.2) is 24.3 Å². The number of benzene rings is 1. The lowest BCUT2D eigenvalue weighted by Gasteiger charge is -2.13. The summed E-state index contributed by atoms with van der Waals surface area (Å²) in [5, 5.41) is 12.2. The molecule has 21 heavy (non-hydrogen) atoms. The first-order valence-corrected chi connectivity index (χ1v) is 7.12. The van der Waals surface area contributed by atoms with Gasteiger partial charge in [-0.15, -0.1) is 0 Å². The number of Topliss-reactive ketones (excluding diaryl/α,β-unsaturated/α-hetero) is 1. The van der Waals surface area contributed by atoms with Crippen molar-refractivity contribution in [2.75, 3.05) is 6.54 Å². The Morgan fingerprint density at radius 1 is 1.19 bits per heavy atom. The smallest absolute Gasteiger partial charge is 0.220 e. The summed E-state index contributed by atoms with van der Waals surface area (Å²) in [6, 6.07) is 5.25. The van der Waals surface area contributed by atoms with Crippen LogP contribution in [0.1, 0.15) is 43.5 Å². The summed E-state index contributed by atoms with van der Waals surface area (Å²) in [6.45, 7) is 4.18. The number of aliphatic hydroxyl groups excluding tert-OH is 1. The number of ketones is 1. The second-order valence-electron chi connectivity index (χ2n) is 5.52. The van der Waals surface area contributed by atoms with Crippen LogP contribution in [0.3, 0.4) is 0 Å². The first kappa shape index (κ1) is 17.3. The monoisotopic (exact) mass is 295 g/mol. The van der Waals surface area contributed by atoms with Gasteiger partial charge >= 0.3 is 0 Å². The third kappa shape index (κ3) is 6.99. The van der Waals surface area contributed by atoms with Crippen LogP contribution < -0.4 is 5.32 Å². The van der Waals surface area contributed by atoms with Gasteiger partial charge in [0.1, 0.15) is 5.82 Å². The van der Waals surface area contributed by atoms with Crippen LogP contribution in [0.5, 0.6) is 0 Å². The standard InChI is InChI=1S/C16H22FNO3/c1-11(2)9-14(19)10-18-16(21)8-7-15(20)12-3-5-13(17)6-4-12/h3-6,11,14,19H,7-10H2,1-2H3,(H,18,21). The Labute approximate surface area is 124 Å². The van der Waals surface area contributed by atoms with Crippen molar-refractivity contribution in [1.82, 2.24) is 5.32 Å². The van der Waals surface area contributed by atoms with Crippen molar-refractivity contribution < 1.29 is 19.1 Å². The average molecular weight is 295 g/mol. The highest BCUT2D eigenvalue weighted by molar-refractivity contribution is 5.97. The third-order valence-corrected chi connectivity index (χ3v) is 3.02. The van der Waals surface area contributed by atoms with Crippen molar-refractivity contribution in [3.63, 3.8) is 0 Å². The van der Waals surface area contributed by atoms with Gasteiger partial charge in [-0.05, 0) is 36.6 Å². The van der Waals surface area contributed by atoms with E-state index in [1.807, 2.05) is 13.8 Å². The molecule has 0 saturated heterocycles. The van der Waals surface area contributed by atoms with Crippen molar-refractivity contribution in [3.8, 4) is 0 Å². The first-order chi connectivity index (χ1) is 9.88. The second-order valence-corrected chi connectivity index (χ2v) is 5.52. The molecule has 0 aliphatic rings. The van der Waals surface area contributed by atoms with Crippen LogP contribution in [0.4, 0.5) is 4.39 Å². The summed E-state index contributed by atoms with van der Waals surface area (Å²) in [6.07, 6.45) is 0.179. The predicted molar refractivity (Wildman–Crippen MR) is 78.4 cm³/mol. The Morgan fingerprint density at radius 3 is 2.38 bits per heavy atom. The Kier molecular flexibility index (Phi) is 7.02. The maximum Gasteiger partial charge on any atom is 0.220 e. The highest BCUT2D eigenvalue weighted by Gasteiger charge is 2.11. The quantitative estimate of drug-likeness (QED) is 0.723. The number of hydrogen-bond donors (Lipinski definition) is 2. The van der Waals surface area contributed by atoms with Gasteiger partial charge in [-0.25, -0.2) is 4.39 Å². The van der Waals surface area contributed by atoms with Gasteiger partial charge in [-0.2, -0.15) is 0 Å². The summed E-state index contributed by atoms with van der Waals surface area (Å²) in [5.41, 5.74) is 0.393. The van der Waals surface area contributed by atoms with Crippen LogP contribution in [0.25, 0.3) is 0 Å². The summed E-state index contributed by atoms with van der Waals surface area (Å²) < 4.78 is 12.7. The molecule has 0 fully saturated rings. The van der Waals surface area contributed by atoms with E-state index in [0.717, 1.165) is 0 Å². The van der Waals surface area contributed by atoms with E-state index in [-0.39, 0.29) is 31.1 Å². The highest BCUT2D eigenvalue weighted by Crippen LogP contribution is 2.07. The van der Waals surface area contributed by atoms with E-state index >= 15 is 0 Å². The van der Waals surface area contributed by atoms with Gasteiger partial charge in [0.05, 0.1) is 6.10 Å². The number of carbonyl (C=O) groups is 2. The zero-order chi connectivity index (χ0) is 15.8. The zero-order valence-corrected chi connectivity index (χ0v) is 12.4. The van der Waals surface area contributed by atoms with Crippen molar-refractivity contribution >= 4 is 11.7 Å². The summed E-state index contributed by atoms with van der Waals surface area (Å²) in [4.78, 5) is 23.4. The van der Waals surface area contributed by atoms with E-state index in [0.29, 0.717) is 17.9 Å². The minimum absolute atomic E-state index is 0.0601. The van der Waals surface area contributed by atoms with Crippen molar-refractivity contribution in [3.05, 3.63) is 35.6 Å². The van der Waals surface area contributed by atoms with Gasteiger partial charge in [0.2, 0.25) is 5.91 Å². The number of hydrogen-bond acceptors (Lipinski definition) is 3. The molecule has 2 N–H and O–H groups in total. The first-order valence-electron chi connectivity index (χ1n) is 7.12. The molecule has 5 heteroatoms. The molecule has 0 aromatic heterocycles. The molecule has 116 valence electrons. The maximum atomic E-state index is 12.7. The Balaban J connectivity index is 2.29. The van der Waals surface area contributed by atoms with Crippen molar-refractivity contribution in [2.45, 2.75) is 39.2 Å². The van der Waals surface area contributed by atoms with Crippen molar-refractivity contribution in [2.24, 2.45) is 5.92 Å². The maximum absolute atomic E-state index is 12.7. The molecule has 0 aliphatic heterocycles. The number of amides is 1. The second kappa shape index (κ2) is 8.52. The lowest BCUT2D eigenvalue weighted by molar-refractivity contribution is -0.121. The molecule has 1 aromatic carbocycles. The van der Waals surface area contributed by atoms with E-state index in [1.54, 1.807) is 0 Å². The molecule has 1 unspecified atom stereocenters. The number of nitrogens with one attached hydrogen (secondary N) is 1. The number of rotatable bonds is 8. The highest BCUT2D eigenvalue weighted by atomic mass is 19.1. The van der Waals surface area contributed by atoms with Gasteiger partial charge in [-0.1, -0.05) is 13.8 Å². The van der Waals surface area contributed by atoms with Gasteiger partial charge < -0.3 is 10.4 Å². The normalized spacial score (nSPS) is 12.2. The molecule has 0 radical (unpaired) electrons. The van der Waals surface area contributed by atoms with Gasteiger partial charge in [-0.3, -0.25) is 9.59 Å². The van der Waals surface area contributed by atoms with E-state index in [4.69, 9.17) is 0 Å². The van der Waals surface area contributed by atoms with Crippen LogP contribution in [0.2, 0.25) is 0 Å². The van der Waals surface area contributed by atoms with E-state index in [2.05, 4.69) is 5.32 Å². The fourth-order valence-electron chi connectivity index (χ4n) is 1.95. The summed E-state index contributed by atoms with van der Waals surface area (Å²) >= 11 is 0. The van der Waals surface area contributed by atoms with Gasteiger partial charge in [0.15, 0.2) is 5.78 Å². The minimum Gasteiger partial charge on any atom is -0.391 e. The molecule has 0 heterocycles. The summed E-state index contributed by atoms with van der Waals surface area (Å²) in [5.74, 6) is -0.512. The molecule has 1 rings (SSSR count). The SMILES string of the molecule is CC(C)CC(O)CNC(=O)CCC(=O)c1ccc(F)cc1. The molecule has 1 atom stereocenters. The molecule has 0 aliphatic carbocycles. The number of aliphatic hydroxyl groups is 1. The number of carbonyl (C=O) groups excluding carboxylic acids is 2. The molecular formula is C16H22FNO3. The molecule has 0 bridgehead atoms. The Bertz CT molecular complexity index is 471. The lowest BCUT2D eigenvalue weighted by atomic mass is 10.1. The molecule has 1 amide bonds. The fourth-order valence-corrected chi connectivity index (χ4v) is 1.95. The largest absolute Gasteiger partial charge is 0.391 e. The molecule has 4 nitrogen and oxygen atoms in total.